The van der Waals surface area contributed by atoms with E-state index < -0.39 is 28.8 Å². The molecule has 3 rings (SSSR count). The van der Waals surface area contributed by atoms with Gasteiger partial charge in [0.15, 0.2) is 23.3 Å². The minimum Gasteiger partial charge on any atom is -0.255 e. The zero-order chi connectivity index (χ0) is 16.6. The highest BCUT2D eigenvalue weighted by Crippen LogP contribution is 2.35. The van der Waals surface area contributed by atoms with Gasteiger partial charge in [-0.1, -0.05) is 30.3 Å². The Hall–Kier alpha value is -2.69. The lowest BCUT2D eigenvalue weighted by molar-refractivity contribution is 0.410. The van der Waals surface area contributed by atoms with Crippen molar-refractivity contribution in [2.24, 2.45) is 0 Å². The molecule has 0 spiro atoms. The van der Waals surface area contributed by atoms with Gasteiger partial charge in [-0.2, -0.15) is 0 Å². The molecular weight excluding hydrogens is 306 g/mol. The number of benzene rings is 2. The Kier molecular flexibility index (Phi) is 3.86. The van der Waals surface area contributed by atoms with Gasteiger partial charge in [0.2, 0.25) is 0 Å². The third-order valence-electron chi connectivity index (χ3n) is 3.58. The minimum atomic E-state index is -1.85. The zero-order valence-corrected chi connectivity index (χ0v) is 12.1. The Bertz CT molecular complexity index is 876. The summed E-state index contributed by atoms with van der Waals surface area (Å²) < 4.78 is 54.4. The number of hydrogen-bond acceptors (Lipinski definition) is 1. The number of aromatic nitrogens is 1. The lowest BCUT2D eigenvalue weighted by atomic mass is 9.95. The Labute approximate surface area is 130 Å². The molecular formula is C18H11F4N. The normalized spacial score (nSPS) is 10.8. The molecule has 116 valence electrons. The zero-order valence-electron chi connectivity index (χ0n) is 12.1. The van der Waals surface area contributed by atoms with Gasteiger partial charge in [-0.25, -0.2) is 17.6 Å². The number of aryl methyl sites for hydroxylation is 1. The molecule has 0 bridgehead atoms. The number of nitrogens with zero attached hydrogens (tertiary/aromatic N) is 1. The number of rotatable bonds is 2. The first-order valence-corrected chi connectivity index (χ1v) is 6.85. The Morgan fingerprint density at radius 3 is 2.22 bits per heavy atom. The number of halogens is 4. The molecule has 1 nitrogen and oxygen atoms in total. The molecule has 0 radical (unpaired) electrons. The van der Waals surface area contributed by atoms with Crippen molar-refractivity contribution in [2.75, 3.05) is 0 Å². The van der Waals surface area contributed by atoms with Gasteiger partial charge in [0.1, 0.15) is 0 Å². The molecule has 5 heteroatoms. The lowest BCUT2D eigenvalue weighted by Crippen LogP contribution is -2.01. The van der Waals surface area contributed by atoms with Crippen molar-refractivity contribution in [3.05, 3.63) is 77.5 Å². The van der Waals surface area contributed by atoms with Crippen molar-refractivity contribution in [3.8, 4) is 22.4 Å². The van der Waals surface area contributed by atoms with Crippen LogP contribution in [0.4, 0.5) is 17.6 Å². The molecule has 0 amide bonds. The maximum absolute atomic E-state index is 14.1. The minimum absolute atomic E-state index is 0.0616. The van der Waals surface area contributed by atoms with Crippen LogP contribution < -0.4 is 0 Å². The molecule has 0 fully saturated rings. The first-order chi connectivity index (χ1) is 11.0. The molecule has 0 aliphatic carbocycles. The smallest absolute Gasteiger partial charge is 0.198 e. The molecule has 2 aromatic carbocycles. The van der Waals surface area contributed by atoms with Gasteiger partial charge >= 0.3 is 0 Å². The van der Waals surface area contributed by atoms with Crippen LogP contribution >= 0.6 is 0 Å². The largest absolute Gasteiger partial charge is 0.255 e. The Morgan fingerprint density at radius 2 is 1.52 bits per heavy atom. The highest BCUT2D eigenvalue weighted by molar-refractivity contribution is 5.83. The standard InChI is InChI=1S/C18H11F4N/c1-10-7-8-23-18(14(10)11-5-3-2-4-6-11)12-9-13(19)16(21)17(22)15(12)20/h2-9H,1H3. The number of pyridine rings is 1. The van der Waals surface area contributed by atoms with Crippen LogP contribution in [0.1, 0.15) is 5.56 Å². The highest BCUT2D eigenvalue weighted by Gasteiger charge is 2.23. The van der Waals surface area contributed by atoms with Crippen LogP contribution in [0.25, 0.3) is 22.4 Å². The van der Waals surface area contributed by atoms with Crippen molar-refractivity contribution >= 4 is 0 Å². The monoisotopic (exact) mass is 317 g/mol. The predicted octanol–water partition coefficient (Wildman–Crippen LogP) is 5.28. The van der Waals surface area contributed by atoms with Crippen LogP contribution in [-0.2, 0) is 0 Å². The van der Waals surface area contributed by atoms with Crippen molar-refractivity contribution in [2.45, 2.75) is 6.92 Å². The van der Waals surface area contributed by atoms with Crippen LogP contribution in [0.2, 0.25) is 0 Å². The van der Waals surface area contributed by atoms with Crippen molar-refractivity contribution < 1.29 is 17.6 Å². The summed E-state index contributed by atoms with van der Waals surface area (Å²) in [4.78, 5) is 4.06. The van der Waals surface area contributed by atoms with Crippen LogP contribution in [0.3, 0.4) is 0 Å². The summed E-state index contributed by atoms with van der Waals surface area (Å²) in [5.41, 5.74) is 1.66. The van der Waals surface area contributed by atoms with Crippen molar-refractivity contribution in [1.82, 2.24) is 4.98 Å². The van der Waals surface area contributed by atoms with E-state index >= 15 is 0 Å². The molecule has 0 unspecified atom stereocenters. The van der Waals surface area contributed by atoms with E-state index in [9.17, 15) is 17.6 Å². The summed E-state index contributed by atoms with van der Waals surface area (Å²) in [7, 11) is 0. The second-order valence-corrected chi connectivity index (χ2v) is 5.07. The Morgan fingerprint density at radius 1 is 0.826 bits per heavy atom. The predicted molar refractivity (Wildman–Crippen MR) is 79.7 cm³/mol. The van der Waals surface area contributed by atoms with Gasteiger partial charge in [-0.3, -0.25) is 4.98 Å². The Balaban J connectivity index is 2.33. The van der Waals surface area contributed by atoms with Gasteiger partial charge in [0.05, 0.1) is 5.69 Å². The average Bonchev–Trinajstić information content (AvgIpc) is 2.57. The average molecular weight is 317 g/mol. The van der Waals surface area contributed by atoms with Gasteiger partial charge < -0.3 is 0 Å². The third kappa shape index (κ3) is 2.59. The van der Waals surface area contributed by atoms with Crippen LogP contribution in [0.5, 0.6) is 0 Å². The van der Waals surface area contributed by atoms with Crippen molar-refractivity contribution in [1.29, 1.82) is 0 Å². The topological polar surface area (TPSA) is 12.9 Å². The fourth-order valence-electron chi connectivity index (χ4n) is 2.48. The van der Waals surface area contributed by atoms with E-state index in [4.69, 9.17) is 0 Å². The van der Waals surface area contributed by atoms with Crippen LogP contribution in [0.15, 0.2) is 48.7 Å². The molecule has 0 saturated carbocycles. The van der Waals surface area contributed by atoms with E-state index in [2.05, 4.69) is 4.98 Å². The van der Waals surface area contributed by atoms with Gasteiger partial charge in [-0.15, -0.1) is 0 Å². The van der Waals surface area contributed by atoms with E-state index in [0.717, 1.165) is 11.1 Å². The van der Waals surface area contributed by atoms with E-state index in [1.54, 1.807) is 37.3 Å². The van der Waals surface area contributed by atoms with E-state index in [1.807, 2.05) is 6.07 Å². The second-order valence-electron chi connectivity index (χ2n) is 5.07. The summed E-state index contributed by atoms with van der Waals surface area (Å²) in [6, 6.07) is 11.3. The third-order valence-corrected chi connectivity index (χ3v) is 3.58. The highest BCUT2D eigenvalue weighted by atomic mass is 19.2. The summed E-state index contributed by atoms with van der Waals surface area (Å²) in [5.74, 6) is -6.59. The maximum Gasteiger partial charge on any atom is 0.198 e. The fraction of sp³-hybridized carbons (Fsp3) is 0.0556. The van der Waals surface area contributed by atoms with Crippen LogP contribution in [0, 0.1) is 30.2 Å². The molecule has 23 heavy (non-hydrogen) atoms. The first-order valence-electron chi connectivity index (χ1n) is 6.85. The second kappa shape index (κ2) is 5.83. The molecule has 1 heterocycles. The summed E-state index contributed by atoms with van der Waals surface area (Å²) >= 11 is 0. The van der Waals surface area contributed by atoms with Gasteiger partial charge in [0.25, 0.3) is 0 Å². The molecule has 1 aromatic heterocycles. The quantitative estimate of drug-likeness (QED) is 0.356. The fourth-order valence-corrected chi connectivity index (χ4v) is 2.48. The molecule has 0 N–H and O–H groups in total. The molecule has 0 aliphatic heterocycles. The number of hydrogen-bond donors (Lipinski definition) is 0. The van der Waals surface area contributed by atoms with Gasteiger partial charge in [-0.05, 0) is 30.2 Å². The molecule has 0 atom stereocenters. The summed E-state index contributed by atoms with van der Waals surface area (Å²) in [5, 5.41) is 0. The SMILES string of the molecule is Cc1ccnc(-c2cc(F)c(F)c(F)c2F)c1-c1ccccc1. The maximum atomic E-state index is 14.1. The van der Waals surface area contributed by atoms with Crippen molar-refractivity contribution in [3.63, 3.8) is 0 Å². The van der Waals surface area contributed by atoms with E-state index in [1.165, 1.54) is 6.20 Å². The van der Waals surface area contributed by atoms with E-state index in [-0.39, 0.29) is 5.69 Å². The molecule has 3 aromatic rings. The lowest BCUT2D eigenvalue weighted by Gasteiger charge is -2.13. The summed E-state index contributed by atoms with van der Waals surface area (Å²) in [6.45, 7) is 1.78. The van der Waals surface area contributed by atoms with Crippen LogP contribution in [-0.4, -0.2) is 4.98 Å². The first kappa shape index (κ1) is 15.2. The molecule has 0 aliphatic rings. The summed E-state index contributed by atoms with van der Waals surface area (Å²) in [6.07, 6.45) is 1.41. The van der Waals surface area contributed by atoms with E-state index in [0.29, 0.717) is 11.6 Å². The molecule has 0 saturated heterocycles. The van der Waals surface area contributed by atoms with Gasteiger partial charge in [0, 0.05) is 17.3 Å².